The third kappa shape index (κ3) is 2.96. The maximum Gasteiger partial charge on any atom is 0.227 e. The molecule has 1 heterocycles. The zero-order chi connectivity index (χ0) is 14.8. The van der Waals surface area contributed by atoms with Crippen molar-refractivity contribution in [2.75, 3.05) is 4.90 Å². The first-order valence-corrected chi connectivity index (χ1v) is 7.67. The van der Waals surface area contributed by atoms with Crippen LogP contribution in [0, 0.1) is 0 Å². The van der Waals surface area contributed by atoms with Gasteiger partial charge in [0.15, 0.2) is 0 Å². The number of carbonyl (C=O) groups is 1. The van der Waals surface area contributed by atoms with Crippen molar-refractivity contribution in [2.45, 2.75) is 32.2 Å². The average molecular weight is 300 g/mol. The minimum atomic E-state index is 0.187. The molecule has 3 rings (SSSR count). The normalized spacial score (nSPS) is 16.9. The molecule has 0 bridgehead atoms. The predicted octanol–water partition coefficient (Wildman–Crippen LogP) is 4.25. The van der Waals surface area contributed by atoms with Crippen LogP contribution in [0.4, 0.5) is 5.69 Å². The summed E-state index contributed by atoms with van der Waals surface area (Å²) in [5.41, 5.74) is 3.44. The number of halogens is 1. The fourth-order valence-electron chi connectivity index (χ4n) is 3.01. The molecule has 0 spiro atoms. The molecule has 0 aliphatic carbocycles. The second-order valence-electron chi connectivity index (χ2n) is 5.58. The quantitative estimate of drug-likeness (QED) is 0.829. The van der Waals surface area contributed by atoms with Gasteiger partial charge in [-0.3, -0.25) is 4.79 Å². The lowest BCUT2D eigenvalue weighted by Crippen LogP contribution is -2.35. The second-order valence-corrected chi connectivity index (χ2v) is 6.01. The Balaban J connectivity index is 1.71. The molecule has 1 aliphatic heterocycles. The van der Waals surface area contributed by atoms with Crippen molar-refractivity contribution in [1.82, 2.24) is 0 Å². The number of amides is 1. The summed E-state index contributed by atoms with van der Waals surface area (Å²) in [7, 11) is 0. The van der Waals surface area contributed by atoms with E-state index in [1.54, 1.807) is 0 Å². The van der Waals surface area contributed by atoms with Crippen molar-refractivity contribution >= 4 is 23.2 Å². The molecule has 0 saturated heterocycles. The largest absolute Gasteiger partial charge is 0.309 e. The first-order chi connectivity index (χ1) is 10.1. The van der Waals surface area contributed by atoms with Crippen molar-refractivity contribution in [2.24, 2.45) is 0 Å². The molecule has 2 aromatic rings. The van der Waals surface area contributed by atoms with Gasteiger partial charge in [0.2, 0.25) is 5.91 Å². The second kappa shape index (κ2) is 5.90. The van der Waals surface area contributed by atoms with Gasteiger partial charge in [0.25, 0.3) is 0 Å². The summed E-state index contributed by atoms with van der Waals surface area (Å²) >= 11 is 5.98. The minimum absolute atomic E-state index is 0.187. The van der Waals surface area contributed by atoms with Crippen LogP contribution in [0.1, 0.15) is 24.5 Å². The fourth-order valence-corrected chi connectivity index (χ4v) is 3.22. The van der Waals surface area contributed by atoms with Gasteiger partial charge in [-0.15, -0.1) is 0 Å². The van der Waals surface area contributed by atoms with Gasteiger partial charge in [0, 0.05) is 23.2 Å². The number of para-hydroxylation sites is 1. The summed E-state index contributed by atoms with van der Waals surface area (Å²) in [6.45, 7) is 2.11. The number of hydrogen-bond donors (Lipinski definition) is 0. The summed E-state index contributed by atoms with van der Waals surface area (Å²) in [5.74, 6) is 0.187. The SMILES string of the molecule is CC1Cc2ccccc2N1C(=O)CCc1cccc(Cl)c1. The van der Waals surface area contributed by atoms with Gasteiger partial charge in [0.1, 0.15) is 0 Å². The summed E-state index contributed by atoms with van der Waals surface area (Å²) in [4.78, 5) is 14.5. The molecular formula is C18H18ClNO. The van der Waals surface area contributed by atoms with E-state index in [9.17, 15) is 4.79 Å². The highest BCUT2D eigenvalue weighted by atomic mass is 35.5. The monoisotopic (exact) mass is 299 g/mol. The molecule has 1 unspecified atom stereocenters. The molecular weight excluding hydrogens is 282 g/mol. The summed E-state index contributed by atoms with van der Waals surface area (Å²) in [5, 5.41) is 0.722. The minimum Gasteiger partial charge on any atom is -0.309 e. The zero-order valence-corrected chi connectivity index (χ0v) is 12.8. The maximum atomic E-state index is 12.6. The number of aryl methyl sites for hydroxylation is 1. The molecule has 0 aromatic heterocycles. The zero-order valence-electron chi connectivity index (χ0n) is 12.1. The van der Waals surface area contributed by atoms with Gasteiger partial charge < -0.3 is 4.90 Å². The van der Waals surface area contributed by atoms with E-state index in [2.05, 4.69) is 13.0 Å². The molecule has 0 saturated carbocycles. The molecule has 1 amide bonds. The Bertz CT molecular complexity index is 668. The first-order valence-electron chi connectivity index (χ1n) is 7.29. The Labute approximate surface area is 130 Å². The van der Waals surface area contributed by atoms with Crippen LogP contribution in [0.5, 0.6) is 0 Å². The molecule has 1 aliphatic rings. The van der Waals surface area contributed by atoms with Crippen molar-refractivity contribution in [3.8, 4) is 0 Å². The van der Waals surface area contributed by atoms with Crippen molar-refractivity contribution in [1.29, 1.82) is 0 Å². The highest BCUT2D eigenvalue weighted by Crippen LogP contribution is 2.32. The molecule has 21 heavy (non-hydrogen) atoms. The van der Waals surface area contributed by atoms with Gasteiger partial charge in [-0.25, -0.2) is 0 Å². The lowest BCUT2D eigenvalue weighted by molar-refractivity contribution is -0.118. The first kappa shape index (κ1) is 14.2. The molecule has 3 heteroatoms. The fraction of sp³-hybridized carbons (Fsp3) is 0.278. The lowest BCUT2D eigenvalue weighted by Gasteiger charge is -2.22. The summed E-state index contributed by atoms with van der Waals surface area (Å²) in [6, 6.07) is 16.1. The highest BCUT2D eigenvalue weighted by Gasteiger charge is 2.29. The van der Waals surface area contributed by atoms with E-state index in [0.29, 0.717) is 6.42 Å². The number of benzene rings is 2. The molecule has 1 atom stereocenters. The van der Waals surface area contributed by atoms with Crippen LogP contribution in [-0.2, 0) is 17.6 Å². The van der Waals surface area contributed by atoms with Crippen LogP contribution < -0.4 is 4.90 Å². The van der Waals surface area contributed by atoms with E-state index in [1.807, 2.05) is 47.4 Å². The highest BCUT2D eigenvalue weighted by molar-refractivity contribution is 6.30. The molecule has 108 valence electrons. The van der Waals surface area contributed by atoms with Gasteiger partial charge in [-0.1, -0.05) is 41.9 Å². The third-order valence-corrected chi connectivity index (χ3v) is 4.23. The average Bonchev–Trinajstić information content (AvgIpc) is 2.81. The number of carbonyl (C=O) groups excluding carboxylic acids is 1. The van der Waals surface area contributed by atoms with Gasteiger partial charge in [-0.05, 0) is 49.1 Å². The summed E-state index contributed by atoms with van der Waals surface area (Å²) in [6.07, 6.45) is 2.18. The van der Waals surface area contributed by atoms with E-state index in [-0.39, 0.29) is 11.9 Å². The van der Waals surface area contributed by atoms with Crippen LogP contribution >= 0.6 is 11.6 Å². The van der Waals surface area contributed by atoms with Crippen LogP contribution in [0.3, 0.4) is 0 Å². The van der Waals surface area contributed by atoms with Crippen LogP contribution in [-0.4, -0.2) is 11.9 Å². The van der Waals surface area contributed by atoms with E-state index in [0.717, 1.165) is 29.1 Å². The number of nitrogens with zero attached hydrogens (tertiary/aromatic N) is 1. The van der Waals surface area contributed by atoms with Gasteiger partial charge in [0.05, 0.1) is 0 Å². The van der Waals surface area contributed by atoms with Crippen molar-refractivity contribution in [3.63, 3.8) is 0 Å². The maximum absolute atomic E-state index is 12.6. The Kier molecular flexibility index (Phi) is 3.98. The lowest BCUT2D eigenvalue weighted by atomic mass is 10.1. The Hall–Kier alpha value is -1.80. The number of anilines is 1. The van der Waals surface area contributed by atoms with E-state index in [1.165, 1.54) is 5.56 Å². The topological polar surface area (TPSA) is 20.3 Å². The van der Waals surface area contributed by atoms with E-state index >= 15 is 0 Å². The predicted molar refractivity (Wildman–Crippen MR) is 86.9 cm³/mol. The Morgan fingerprint density at radius 3 is 2.86 bits per heavy atom. The van der Waals surface area contributed by atoms with E-state index < -0.39 is 0 Å². The molecule has 0 radical (unpaired) electrons. The van der Waals surface area contributed by atoms with Crippen LogP contribution in [0.15, 0.2) is 48.5 Å². The smallest absolute Gasteiger partial charge is 0.227 e. The molecule has 2 aromatic carbocycles. The molecule has 0 N–H and O–H groups in total. The Morgan fingerprint density at radius 1 is 1.24 bits per heavy atom. The molecule has 2 nitrogen and oxygen atoms in total. The molecule has 0 fully saturated rings. The standard InChI is InChI=1S/C18H18ClNO/c1-13-11-15-6-2-3-8-17(15)20(13)18(21)10-9-14-5-4-7-16(19)12-14/h2-8,12-13H,9-11H2,1H3. The van der Waals surface area contributed by atoms with Gasteiger partial charge >= 0.3 is 0 Å². The van der Waals surface area contributed by atoms with Crippen molar-refractivity contribution < 1.29 is 4.79 Å². The number of rotatable bonds is 3. The van der Waals surface area contributed by atoms with Crippen LogP contribution in [0.2, 0.25) is 5.02 Å². The van der Waals surface area contributed by atoms with E-state index in [4.69, 9.17) is 11.6 Å². The third-order valence-electron chi connectivity index (χ3n) is 3.99. The Morgan fingerprint density at radius 2 is 2.05 bits per heavy atom. The number of fused-ring (bicyclic) bond motifs is 1. The van der Waals surface area contributed by atoms with Crippen LogP contribution in [0.25, 0.3) is 0 Å². The van der Waals surface area contributed by atoms with Gasteiger partial charge in [-0.2, -0.15) is 0 Å². The number of hydrogen-bond acceptors (Lipinski definition) is 1. The summed E-state index contributed by atoms with van der Waals surface area (Å²) < 4.78 is 0. The van der Waals surface area contributed by atoms with Crippen molar-refractivity contribution in [3.05, 3.63) is 64.7 Å².